The van der Waals surface area contributed by atoms with Crippen LogP contribution in [-0.2, 0) is 5.41 Å². The van der Waals surface area contributed by atoms with E-state index in [1.54, 1.807) is 0 Å². The Bertz CT molecular complexity index is 2630. The minimum Gasteiger partial charge on any atom is -0.292 e. The molecule has 1 aliphatic carbocycles. The summed E-state index contributed by atoms with van der Waals surface area (Å²) in [4.78, 5) is 10.5. The average Bonchev–Trinajstić information content (AvgIpc) is 3.76. The van der Waals surface area contributed by atoms with Gasteiger partial charge < -0.3 is 0 Å². The average molecular weight is 682 g/mol. The maximum atomic E-state index is 5.31. The molecule has 2 aromatic heterocycles. The zero-order valence-electron chi connectivity index (χ0n) is 29.9. The van der Waals surface area contributed by atoms with Crippen LogP contribution in [0.1, 0.15) is 42.5 Å². The van der Waals surface area contributed by atoms with Crippen molar-refractivity contribution in [3.63, 3.8) is 0 Å². The molecule has 1 atom stereocenters. The third-order valence-corrected chi connectivity index (χ3v) is 10.6. The highest BCUT2D eigenvalue weighted by Crippen LogP contribution is 2.55. The Labute approximate surface area is 311 Å². The molecule has 254 valence electrons. The van der Waals surface area contributed by atoms with Crippen LogP contribution in [-0.4, -0.2) is 14.5 Å². The maximum absolute atomic E-state index is 5.31. The highest BCUT2D eigenvalue weighted by atomic mass is 15.1. The lowest BCUT2D eigenvalue weighted by Crippen LogP contribution is -2.29. The number of hydrogen-bond donors (Lipinski definition) is 0. The Kier molecular flexibility index (Phi) is 8.25. The molecule has 0 fully saturated rings. The molecule has 53 heavy (non-hydrogen) atoms. The first-order chi connectivity index (χ1) is 26.2. The molecule has 0 bridgehead atoms. The van der Waals surface area contributed by atoms with Gasteiger partial charge >= 0.3 is 0 Å². The SMILES string of the molecule is C/C=C\C1=C(CC)c2ccccc2C1(c1ccccc1)c1ccc(-c2cc(-c3nc4ccccc4n3-c3ccccc3)cc(-c3ccccc3)n2)cc1. The fourth-order valence-electron chi connectivity index (χ4n) is 8.35. The van der Waals surface area contributed by atoms with Crippen molar-refractivity contribution in [3.05, 3.63) is 216 Å². The molecule has 9 rings (SSSR count). The van der Waals surface area contributed by atoms with Gasteiger partial charge in [-0.15, -0.1) is 0 Å². The lowest BCUT2D eigenvalue weighted by molar-refractivity contribution is 0.760. The summed E-state index contributed by atoms with van der Waals surface area (Å²) in [7, 11) is 0. The number of nitrogens with zero attached hydrogens (tertiary/aromatic N) is 3. The summed E-state index contributed by atoms with van der Waals surface area (Å²) >= 11 is 0. The van der Waals surface area contributed by atoms with Gasteiger partial charge in [0.1, 0.15) is 5.82 Å². The van der Waals surface area contributed by atoms with E-state index in [-0.39, 0.29) is 0 Å². The molecule has 3 nitrogen and oxygen atoms in total. The Morgan fingerprint density at radius 2 is 1.15 bits per heavy atom. The fraction of sp³-hybridized carbons (Fsp3) is 0.0800. The number of fused-ring (bicyclic) bond motifs is 2. The van der Waals surface area contributed by atoms with E-state index in [1.807, 2.05) is 6.07 Å². The number of para-hydroxylation sites is 3. The lowest BCUT2D eigenvalue weighted by atomic mass is 9.66. The monoisotopic (exact) mass is 681 g/mol. The van der Waals surface area contributed by atoms with Crippen LogP contribution in [0.4, 0.5) is 0 Å². The van der Waals surface area contributed by atoms with E-state index in [2.05, 4.69) is 200 Å². The third kappa shape index (κ3) is 5.36. The second-order valence-corrected chi connectivity index (χ2v) is 13.6. The van der Waals surface area contributed by atoms with Crippen LogP contribution in [0.15, 0.2) is 194 Å². The molecule has 0 saturated heterocycles. The Morgan fingerprint density at radius 3 is 1.85 bits per heavy atom. The van der Waals surface area contributed by atoms with Crippen molar-refractivity contribution in [1.82, 2.24) is 14.5 Å². The number of imidazole rings is 1. The van der Waals surface area contributed by atoms with E-state index in [9.17, 15) is 0 Å². The first-order valence-electron chi connectivity index (χ1n) is 18.4. The van der Waals surface area contributed by atoms with Crippen molar-refractivity contribution in [2.24, 2.45) is 0 Å². The minimum atomic E-state index is -0.445. The first-order valence-corrected chi connectivity index (χ1v) is 18.4. The van der Waals surface area contributed by atoms with Gasteiger partial charge in [0.15, 0.2) is 0 Å². The van der Waals surface area contributed by atoms with E-state index in [1.165, 1.54) is 33.4 Å². The second kappa shape index (κ2) is 13.5. The lowest BCUT2D eigenvalue weighted by Gasteiger charge is -2.35. The van der Waals surface area contributed by atoms with Gasteiger partial charge in [-0.05, 0) is 83.1 Å². The highest BCUT2D eigenvalue weighted by Gasteiger charge is 2.46. The number of benzene rings is 6. The summed E-state index contributed by atoms with van der Waals surface area (Å²) in [6.45, 7) is 4.39. The Hall–Kier alpha value is -6.58. The Morgan fingerprint density at radius 1 is 0.566 bits per heavy atom. The molecule has 0 N–H and O–H groups in total. The van der Waals surface area contributed by atoms with Crippen molar-refractivity contribution in [2.45, 2.75) is 25.7 Å². The van der Waals surface area contributed by atoms with Gasteiger partial charge in [-0.1, -0.05) is 159 Å². The smallest absolute Gasteiger partial charge is 0.145 e. The standard InChI is InChI=1S/C50H39N3/c1-3-18-43-41(4-2)42-25-14-15-26-44(42)50(43,38-21-10-6-11-22-38)39-31-29-36(30-32-39)47-34-37(33-46(51-47)35-19-8-5-9-20-35)49-52-45-27-16-17-28-48(45)53(49)40-23-12-7-13-24-40/h3,5-34H,4H2,1-2H3/b18-3-. The molecule has 1 unspecified atom stereocenters. The number of rotatable bonds is 8. The van der Waals surface area contributed by atoms with E-state index in [0.717, 1.165) is 57.0 Å². The van der Waals surface area contributed by atoms with Gasteiger partial charge in [0, 0.05) is 22.4 Å². The van der Waals surface area contributed by atoms with Crippen molar-refractivity contribution in [3.8, 4) is 39.6 Å². The van der Waals surface area contributed by atoms with Crippen LogP contribution < -0.4 is 0 Å². The van der Waals surface area contributed by atoms with E-state index in [4.69, 9.17) is 9.97 Å². The van der Waals surface area contributed by atoms with Crippen LogP contribution in [0.3, 0.4) is 0 Å². The highest BCUT2D eigenvalue weighted by molar-refractivity contribution is 5.88. The van der Waals surface area contributed by atoms with Gasteiger partial charge in [-0.25, -0.2) is 9.97 Å². The molecule has 1 aliphatic rings. The zero-order chi connectivity index (χ0) is 35.8. The first kappa shape index (κ1) is 32.3. The predicted octanol–water partition coefficient (Wildman–Crippen LogP) is 12.5. The van der Waals surface area contributed by atoms with Gasteiger partial charge in [-0.3, -0.25) is 4.57 Å². The molecule has 0 spiro atoms. The van der Waals surface area contributed by atoms with Gasteiger partial charge in [0.25, 0.3) is 0 Å². The summed E-state index contributed by atoms with van der Waals surface area (Å²) in [6, 6.07) is 62.7. The summed E-state index contributed by atoms with van der Waals surface area (Å²) < 4.78 is 2.26. The van der Waals surface area contributed by atoms with E-state index < -0.39 is 5.41 Å². The van der Waals surface area contributed by atoms with Crippen LogP contribution in [0.2, 0.25) is 0 Å². The fourth-order valence-corrected chi connectivity index (χ4v) is 8.35. The van der Waals surface area contributed by atoms with Crippen molar-refractivity contribution < 1.29 is 0 Å². The molecule has 3 heteroatoms. The summed E-state index contributed by atoms with van der Waals surface area (Å²) in [5.74, 6) is 0.883. The van der Waals surface area contributed by atoms with E-state index >= 15 is 0 Å². The van der Waals surface area contributed by atoms with Crippen LogP contribution in [0.25, 0.3) is 56.2 Å². The topological polar surface area (TPSA) is 30.7 Å². The molecule has 0 amide bonds. The molecule has 0 radical (unpaired) electrons. The third-order valence-electron chi connectivity index (χ3n) is 10.6. The molecule has 8 aromatic rings. The van der Waals surface area contributed by atoms with Crippen molar-refractivity contribution >= 4 is 16.6 Å². The molecular weight excluding hydrogens is 643 g/mol. The van der Waals surface area contributed by atoms with Crippen molar-refractivity contribution in [1.29, 1.82) is 0 Å². The Balaban J connectivity index is 1.25. The molecular formula is C50H39N3. The van der Waals surface area contributed by atoms with Crippen LogP contribution in [0, 0.1) is 0 Å². The number of pyridine rings is 1. The maximum Gasteiger partial charge on any atom is 0.145 e. The zero-order valence-corrected chi connectivity index (χ0v) is 29.9. The summed E-state index contributed by atoms with van der Waals surface area (Å²) in [5, 5.41) is 0. The summed E-state index contributed by atoms with van der Waals surface area (Å²) in [6.07, 6.45) is 5.47. The molecule has 0 aliphatic heterocycles. The number of allylic oxidation sites excluding steroid dienone is 4. The second-order valence-electron chi connectivity index (χ2n) is 13.6. The van der Waals surface area contributed by atoms with E-state index in [0.29, 0.717) is 0 Å². The van der Waals surface area contributed by atoms with Gasteiger partial charge in [-0.2, -0.15) is 0 Å². The van der Waals surface area contributed by atoms with Crippen LogP contribution in [0.5, 0.6) is 0 Å². The van der Waals surface area contributed by atoms with Gasteiger partial charge in [0.05, 0.1) is 27.8 Å². The molecule has 2 heterocycles. The summed E-state index contributed by atoms with van der Waals surface area (Å²) in [5.41, 5.74) is 15.5. The number of aromatic nitrogens is 3. The van der Waals surface area contributed by atoms with Crippen LogP contribution >= 0.6 is 0 Å². The quantitative estimate of drug-likeness (QED) is 0.160. The van der Waals surface area contributed by atoms with Crippen molar-refractivity contribution in [2.75, 3.05) is 0 Å². The number of hydrogen-bond acceptors (Lipinski definition) is 2. The largest absolute Gasteiger partial charge is 0.292 e. The minimum absolute atomic E-state index is 0.445. The normalized spacial score (nSPS) is 15.4. The van der Waals surface area contributed by atoms with Gasteiger partial charge in [0.2, 0.25) is 0 Å². The molecule has 0 saturated carbocycles. The predicted molar refractivity (Wildman–Crippen MR) is 220 cm³/mol. The molecule has 6 aromatic carbocycles.